The fraction of sp³-hybridized carbons (Fsp3) is 0.429. The zero-order chi connectivity index (χ0) is 18.9. The molecule has 0 radical (unpaired) electrons. The third-order valence-electron chi connectivity index (χ3n) is 4.55. The van der Waals surface area contributed by atoms with E-state index in [4.69, 9.17) is 4.74 Å². The van der Waals surface area contributed by atoms with Crippen LogP contribution >= 0.6 is 0 Å². The minimum Gasteiger partial charge on any atom is -0.491 e. The molecule has 0 aromatic rings. The Labute approximate surface area is 157 Å². The van der Waals surface area contributed by atoms with Crippen LogP contribution in [-0.4, -0.2) is 43.0 Å². The third-order valence-corrected chi connectivity index (χ3v) is 4.55. The second-order valence-electron chi connectivity index (χ2n) is 6.26. The monoisotopic (exact) mass is 357 g/mol. The van der Waals surface area contributed by atoms with Crippen molar-refractivity contribution in [2.75, 3.05) is 26.9 Å². The summed E-state index contributed by atoms with van der Waals surface area (Å²) in [6, 6.07) is 0.238. The highest BCUT2D eigenvalue weighted by Crippen LogP contribution is 2.24. The van der Waals surface area contributed by atoms with E-state index >= 15 is 0 Å². The van der Waals surface area contributed by atoms with Crippen molar-refractivity contribution in [2.45, 2.75) is 33.2 Å². The van der Waals surface area contributed by atoms with E-state index in [1.165, 1.54) is 0 Å². The van der Waals surface area contributed by atoms with Crippen molar-refractivity contribution >= 4 is 0 Å². The maximum absolute atomic E-state index is 9.27. The predicted octanol–water partition coefficient (Wildman–Crippen LogP) is 2.93. The quantitative estimate of drug-likeness (QED) is 0.612. The van der Waals surface area contributed by atoms with Gasteiger partial charge in [-0.25, -0.2) is 0 Å². The number of hydrogen-bond acceptors (Lipinski definition) is 5. The van der Waals surface area contributed by atoms with Crippen molar-refractivity contribution in [2.24, 2.45) is 0 Å². The summed E-state index contributed by atoms with van der Waals surface area (Å²) in [5.74, 6) is 0.895. The molecule has 0 spiro atoms. The maximum atomic E-state index is 9.27. The van der Waals surface area contributed by atoms with Crippen molar-refractivity contribution < 1.29 is 9.84 Å². The summed E-state index contributed by atoms with van der Waals surface area (Å²) < 4.78 is 6.14. The summed E-state index contributed by atoms with van der Waals surface area (Å²) >= 11 is 0. The fourth-order valence-corrected chi connectivity index (χ4v) is 3.12. The van der Waals surface area contributed by atoms with Gasteiger partial charge in [-0.15, -0.1) is 0 Å². The van der Waals surface area contributed by atoms with Gasteiger partial charge >= 0.3 is 0 Å². The van der Waals surface area contributed by atoms with Gasteiger partial charge < -0.3 is 20.1 Å². The molecule has 0 bridgehead atoms. The summed E-state index contributed by atoms with van der Waals surface area (Å²) in [6.07, 6.45) is 14.8. The molecule has 26 heavy (non-hydrogen) atoms. The lowest BCUT2D eigenvalue weighted by Gasteiger charge is -2.38. The van der Waals surface area contributed by atoms with Crippen LogP contribution in [-0.2, 0) is 4.74 Å². The van der Waals surface area contributed by atoms with Crippen LogP contribution in [0.4, 0.5) is 0 Å². The van der Waals surface area contributed by atoms with Gasteiger partial charge in [0.2, 0.25) is 0 Å². The molecule has 0 fully saturated rings. The van der Waals surface area contributed by atoms with Crippen molar-refractivity contribution in [1.29, 1.82) is 0 Å². The van der Waals surface area contributed by atoms with E-state index < -0.39 is 0 Å². The molecule has 1 aliphatic heterocycles. The first-order chi connectivity index (χ1) is 12.6. The van der Waals surface area contributed by atoms with Gasteiger partial charge in [0.15, 0.2) is 0 Å². The second-order valence-corrected chi connectivity index (χ2v) is 6.26. The van der Waals surface area contributed by atoms with Gasteiger partial charge in [0.25, 0.3) is 0 Å². The average molecular weight is 357 g/mol. The summed E-state index contributed by atoms with van der Waals surface area (Å²) in [6.45, 7) is 7.49. The fourth-order valence-electron chi connectivity index (χ4n) is 3.12. The number of rotatable bonds is 7. The number of likely N-dealkylation sites (N-methyl/N-ethyl adjacent to an activating group) is 1. The van der Waals surface area contributed by atoms with Crippen LogP contribution in [0.25, 0.3) is 0 Å². The topological polar surface area (TPSA) is 56.8 Å². The SMILES string of the molecule is C/C=C\C(=C/C)N1CN[C@@H](C)C(NC)=C1COC1=CC=C(CO)C=CC1. The van der Waals surface area contributed by atoms with Crippen LogP contribution in [0.15, 0.2) is 71.0 Å². The van der Waals surface area contributed by atoms with Crippen molar-refractivity contribution in [1.82, 2.24) is 15.5 Å². The molecule has 142 valence electrons. The lowest BCUT2D eigenvalue weighted by molar-refractivity contribution is 0.192. The molecule has 1 heterocycles. The number of hydrogen-bond donors (Lipinski definition) is 3. The zero-order valence-corrected chi connectivity index (χ0v) is 16.2. The molecule has 5 nitrogen and oxygen atoms in total. The molecule has 0 saturated heterocycles. The molecule has 2 aliphatic rings. The lowest BCUT2D eigenvalue weighted by Crippen LogP contribution is -2.48. The number of ether oxygens (including phenoxy) is 1. The Bertz CT molecular complexity index is 669. The van der Waals surface area contributed by atoms with Crippen LogP contribution in [0.3, 0.4) is 0 Å². The van der Waals surface area contributed by atoms with E-state index in [9.17, 15) is 5.11 Å². The Morgan fingerprint density at radius 2 is 2.23 bits per heavy atom. The minimum absolute atomic E-state index is 0.0420. The third kappa shape index (κ3) is 4.90. The van der Waals surface area contributed by atoms with Gasteiger partial charge in [-0.3, -0.25) is 5.32 Å². The zero-order valence-electron chi connectivity index (χ0n) is 16.2. The molecule has 2 rings (SSSR count). The van der Waals surface area contributed by atoms with E-state index in [1.54, 1.807) is 0 Å². The number of allylic oxidation sites excluding steroid dienone is 6. The predicted molar refractivity (Wildman–Crippen MR) is 107 cm³/mol. The Morgan fingerprint density at radius 1 is 1.42 bits per heavy atom. The molecule has 1 aliphatic carbocycles. The van der Waals surface area contributed by atoms with E-state index in [2.05, 4.69) is 34.6 Å². The van der Waals surface area contributed by atoms with Gasteiger partial charge in [-0.1, -0.05) is 30.4 Å². The van der Waals surface area contributed by atoms with Gasteiger partial charge in [0.05, 0.1) is 24.7 Å². The molecule has 0 aromatic carbocycles. The van der Waals surface area contributed by atoms with Gasteiger partial charge in [0.1, 0.15) is 12.4 Å². The van der Waals surface area contributed by atoms with Crippen molar-refractivity contribution in [3.63, 3.8) is 0 Å². The first-order valence-electron chi connectivity index (χ1n) is 9.15. The molecular weight excluding hydrogens is 326 g/mol. The Balaban J connectivity index is 2.24. The first-order valence-corrected chi connectivity index (χ1v) is 9.15. The van der Waals surface area contributed by atoms with E-state index in [-0.39, 0.29) is 12.6 Å². The summed E-state index contributed by atoms with van der Waals surface area (Å²) in [5, 5.41) is 16.1. The Hall–Kier alpha value is -2.24. The van der Waals surface area contributed by atoms with Gasteiger partial charge in [-0.2, -0.15) is 0 Å². The highest BCUT2D eigenvalue weighted by Gasteiger charge is 2.26. The number of nitrogens with zero attached hydrogens (tertiary/aromatic N) is 1. The average Bonchev–Trinajstić information content (AvgIpc) is 2.90. The van der Waals surface area contributed by atoms with Crippen LogP contribution in [0.5, 0.6) is 0 Å². The Morgan fingerprint density at radius 3 is 2.88 bits per heavy atom. The van der Waals surface area contributed by atoms with E-state index in [0.29, 0.717) is 6.61 Å². The maximum Gasteiger partial charge on any atom is 0.130 e. The molecule has 5 heteroatoms. The lowest BCUT2D eigenvalue weighted by atomic mass is 10.1. The number of aliphatic hydroxyl groups excluding tert-OH is 1. The van der Waals surface area contributed by atoms with Gasteiger partial charge in [0, 0.05) is 25.2 Å². The summed E-state index contributed by atoms with van der Waals surface area (Å²) in [7, 11) is 1.95. The molecule has 0 unspecified atom stereocenters. The van der Waals surface area contributed by atoms with Crippen LogP contribution in [0.1, 0.15) is 27.2 Å². The van der Waals surface area contributed by atoms with Gasteiger partial charge in [-0.05, 0) is 38.5 Å². The molecule has 0 aromatic heterocycles. The molecule has 3 N–H and O–H groups in total. The van der Waals surface area contributed by atoms with Crippen LogP contribution < -0.4 is 10.6 Å². The van der Waals surface area contributed by atoms with E-state index in [1.807, 2.05) is 51.3 Å². The standard InChI is InChI=1S/C21H31N3O2/c1-5-8-18(6-2)24-15-23-16(3)21(22-4)20(24)14-26-19-10-7-9-17(13-25)11-12-19/h5-9,11-12,16,22-23,25H,10,13-15H2,1-4H3/b8-5-,18-6+/t16-/m0/s1. The highest BCUT2D eigenvalue weighted by molar-refractivity contribution is 5.31. The minimum atomic E-state index is 0.0420. The normalized spacial score (nSPS) is 21.7. The highest BCUT2D eigenvalue weighted by atomic mass is 16.5. The van der Waals surface area contributed by atoms with Crippen LogP contribution in [0.2, 0.25) is 0 Å². The molecule has 1 atom stereocenters. The number of nitrogens with one attached hydrogen (secondary N) is 2. The molecule has 0 saturated carbocycles. The van der Waals surface area contributed by atoms with Crippen molar-refractivity contribution in [3.8, 4) is 0 Å². The van der Waals surface area contributed by atoms with E-state index in [0.717, 1.165) is 41.5 Å². The Kier molecular flexibility index (Phi) is 7.75. The second kappa shape index (κ2) is 10.0. The van der Waals surface area contributed by atoms with Crippen LogP contribution in [0, 0.1) is 0 Å². The largest absolute Gasteiger partial charge is 0.491 e. The smallest absolute Gasteiger partial charge is 0.130 e. The summed E-state index contributed by atoms with van der Waals surface area (Å²) in [5.41, 5.74) is 4.29. The number of aliphatic hydroxyl groups is 1. The molecular formula is C21H31N3O2. The molecule has 0 amide bonds. The van der Waals surface area contributed by atoms with Crippen molar-refractivity contribution in [3.05, 3.63) is 71.0 Å². The summed E-state index contributed by atoms with van der Waals surface area (Å²) in [4.78, 5) is 2.24. The first kappa shape index (κ1) is 20.1.